The minimum atomic E-state index is -0.688. The molecule has 0 aromatic carbocycles. The molecular formula is C7H14N2O2. The fraction of sp³-hybridized carbons (Fsp3) is 0.857. The Kier molecular flexibility index (Phi) is 2.46. The van der Waals surface area contributed by atoms with Gasteiger partial charge < -0.3 is 5.11 Å². The van der Waals surface area contributed by atoms with Crippen LogP contribution in [0, 0.1) is 5.92 Å². The van der Waals surface area contributed by atoms with E-state index in [1.807, 2.05) is 18.9 Å². The number of hydrazine groups is 1. The molecule has 0 spiro atoms. The summed E-state index contributed by atoms with van der Waals surface area (Å²) in [6.07, 6.45) is 0. The van der Waals surface area contributed by atoms with E-state index in [1.165, 1.54) is 0 Å². The first kappa shape index (κ1) is 8.49. The Morgan fingerprint density at radius 2 is 2.18 bits per heavy atom. The standard InChI is InChI=1S/C7H14N2O2/c1-5(2)8-9-3-6(4-9)7(10)11/h5-6,8H,3-4H2,1-2H3,(H,10,11). The lowest BCUT2D eigenvalue weighted by atomic mass is 10.0. The van der Waals surface area contributed by atoms with Crippen molar-refractivity contribution in [3.8, 4) is 0 Å². The number of hydrogen-bond acceptors (Lipinski definition) is 3. The Bertz CT molecular complexity index is 153. The van der Waals surface area contributed by atoms with Gasteiger partial charge in [0.25, 0.3) is 0 Å². The average Bonchev–Trinajstić information content (AvgIpc) is 1.75. The zero-order valence-electron chi connectivity index (χ0n) is 6.87. The summed E-state index contributed by atoms with van der Waals surface area (Å²) in [5.74, 6) is -0.854. The summed E-state index contributed by atoms with van der Waals surface area (Å²) in [6, 6.07) is 0.393. The van der Waals surface area contributed by atoms with Crippen LogP contribution in [-0.4, -0.2) is 35.2 Å². The van der Waals surface area contributed by atoms with Crippen molar-refractivity contribution in [3.63, 3.8) is 0 Å². The van der Waals surface area contributed by atoms with Crippen LogP contribution in [0.25, 0.3) is 0 Å². The summed E-state index contributed by atoms with van der Waals surface area (Å²) in [5.41, 5.74) is 3.13. The topological polar surface area (TPSA) is 52.6 Å². The predicted octanol–water partition coefficient (Wildman–Crippen LogP) is -0.0842. The molecule has 0 aromatic rings. The molecule has 0 atom stereocenters. The molecule has 0 amide bonds. The zero-order valence-corrected chi connectivity index (χ0v) is 6.87. The van der Waals surface area contributed by atoms with Gasteiger partial charge in [0.05, 0.1) is 5.92 Å². The molecule has 64 valence electrons. The maximum Gasteiger partial charge on any atom is 0.309 e. The van der Waals surface area contributed by atoms with Gasteiger partial charge in [-0.1, -0.05) is 0 Å². The summed E-state index contributed by atoms with van der Waals surface area (Å²) < 4.78 is 0. The van der Waals surface area contributed by atoms with Gasteiger partial charge in [-0.25, -0.2) is 5.01 Å². The predicted molar refractivity (Wildman–Crippen MR) is 41.0 cm³/mol. The van der Waals surface area contributed by atoms with E-state index in [9.17, 15) is 4.79 Å². The van der Waals surface area contributed by atoms with Crippen molar-refractivity contribution in [2.24, 2.45) is 5.92 Å². The van der Waals surface area contributed by atoms with Gasteiger partial charge in [0.1, 0.15) is 0 Å². The van der Waals surface area contributed by atoms with Crippen LogP contribution in [0.1, 0.15) is 13.8 Å². The number of rotatable bonds is 3. The summed E-state index contributed by atoms with van der Waals surface area (Å²) in [5, 5.41) is 10.5. The Balaban J connectivity index is 2.14. The number of hydrogen-bond donors (Lipinski definition) is 2. The first-order valence-corrected chi connectivity index (χ1v) is 3.83. The zero-order chi connectivity index (χ0) is 8.43. The lowest BCUT2D eigenvalue weighted by Gasteiger charge is -2.38. The fourth-order valence-electron chi connectivity index (χ4n) is 1.11. The third kappa shape index (κ3) is 2.17. The van der Waals surface area contributed by atoms with E-state index >= 15 is 0 Å². The highest BCUT2D eigenvalue weighted by Gasteiger charge is 2.32. The van der Waals surface area contributed by atoms with Crippen LogP contribution in [0.2, 0.25) is 0 Å². The van der Waals surface area contributed by atoms with E-state index in [0.29, 0.717) is 19.1 Å². The molecule has 4 nitrogen and oxygen atoms in total. The molecule has 4 heteroatoms. The summed E-state index contributed by atoms with van der Waals surface area (Å²) in [4.78, 5) is 10.4. The lowest BCUT2D eigenvalue weighted by molar-refractivity contribution is -0.149. The summed E-state index contributed by atoms with van der Waals surface area (Å²) in [6.45, 7) is 5.34. The first-order valence-electron chi connectivity index (χ1n) is 3.83. The van der Waals surface area contributed by atoms with Crippen LogP contribution in [-0.2, 0) is 4.79 Å². The van der Waals surface area contributed by atoms with E-state index < -0.39 is 5.97 Å². The SMILES string of the molecule is CC(C)NN1CC(C(=O)O)C1. The number of nitrogens with zero attached hydrogens (tertiary/aromatic N) is 1. The Labute approximate surface area is 66.2 Å². The Morgan fingerprint density at radius 3 is 2.55 bits per heavy atom. The van der Waals surface area contributed by atoms with Crippen molar-refractivity contribution in [2.45, 2.75) is 19.9 Å². The van der Waals surface area contributed by atoms with E-state index in [4.69, 9.17) is 5.11 Å². The van der Waals surface area contributed by atoms with E-state index in [0.717, 1.165) is 0 Å². The van der Waals surface area contributed by atoms with Gasteiger partial charge in [-0.3, -0.25) is 10.2 Å². The molecule has 0 saturated carbocycles. The Hall–Kier alpha value is -0.610. The highest BCUT2D eigenvalue weighted by atomic mass is 16.4. The molecule has 2 N–H and O–H groups in total. The minimum absolute atomic E-state index is 0.166. The Morgan fingerprint density at radius 1 is 1.64 bits per heavy atom. The van der Waals surface area contributed by atoms with Crippen molar-refractivity contribution < 1.29 is 9.90 Å². The second kappa shape index (κ2) is 3.19. The van der Waals surface area contributed by atoms with Gasteiger partial charge >= 0.3 is 5.97 Å². The smallest absolute Gasteiger partial charge is 0.309 e. The van der Waals surface area contributed by atoms with E-state index in [1.54, 1.807) is 0 Å². The van der Waals surface area contributed by atoms with Crippen molar-refractivity contribution in [1.82, 2.24) is 10.4 Å². The molecule has 11 heavy (non-hydrogen) atoms. The second-order valence-electron chi connectivity index (χ2n) is 3.22. The highest BCUT2D eigenvalue weighted by molar-refractivity contribution is 5.71. The molecule has 1 aliphatic heterocycles. The maximum absolute atomic E-state index is 10.4. The number of aliphatic carboxylic acids is 1. The maximum atomic E-state index is 10.4. The number of carboxylic acids is 1. The minimum Gasteiger partial charge on any atom is -0.481 e. The van der Waals surface area contributed by atoms with Crippen LogP contribution < -0.4 is 5.43 Å². The monoisotopic (exact) mass is 158 g/mol. The molecule has 1 aliphatic rings. The van der Waals surface area contributed by atoms with Gasteiger partial charge in [-0.05, 0) is 13.8 Å². The lowest BCUT2D eigenvalue weighted by Crippen LogP contribution is -2.58. The molecule has 1 saturated heterocycles. The molecule has 1 heterocycles. The normalized spacial score (nSPS) is 20.3. The van der Waals surface area contributed by atoms with E-state index in [-0.39, 0.29) is 5.92 Å². The molecule has 1 rings (SSSR count). The van der Waals surface area contributed by atoms with Gasteiger partial charge in [0.2, 0.25) is 0 Å². The third-order valence-electron chi connectivity index (χ3n) is 1.67. The largest absolute Gasteiger partial charge is 0.481 e. The molecule has 1 fully saturated rings. The second-order valence-corrected chi connectivity index (χ2v) is 3.22. The first-order chi connectivity index (χ1) is 5.09. The quantitative estimate of drug-likeness (QED) is 0.603. The molecule has 0 radical (unpaired) electrons. The van der Waals surface area contributed by atoms with Crippen molar-refractivity contribution in [1.29, 1.82) is 0 Å². The average molecular weight is 158 g/mol. The molecule has 0 aromatic heterocycles. The van der Waals surface area contributed by atoms with Crippen molar-refractivity contribution in [2.75, 3.05) is 13.1 Å². The highest BCUT2D eigenvalue weighted by Crippen LogP contribution is 2.12. The van der Waals surface area contributed by atoms with Crippen LogP contribution in [0.5, 0.6) is 0 Å². The van der Waals surface area contributed by atoms with E-state index in [2.05, 4.69) is 5.43 Å². The fourth-order valence-corrected chi connectivity index (χ4v) is 1.11. The van der Waals surface area contributed by atoms with Crippen LogP contribution in [0.15, 0.2) is 0 Å². The van der Waals surface area contributed by atoms with Crippen LogP contribution >= 0.6 is 0 Å². The summed E-state index contributed by atoms with van der Waals surface area (Å²) in [7, 11) is 0. The number of carboxylic acid groups (broad SMARTS) is 1. The molecular weight excluding hydrogens is 144 g/mol. The molecule has 0 unspecified atom stereocenters. The van der Waals surface area contributed by atoms with Crippen molar-refractivity contribution in [3.05, 3.63) is 0 Å². The third-order valence-corrected chi connectivity index (χ3v) is 1.67. The number of carbonyl (C=O) groups is 1. The van der Waals surface area contributed by atoms with Gasteiger partial charge in [0, 0.05) is 19.1 Å². The summed E-state index contributed by atoms with van der Waals surface area (Å²) >= 11 is 0. The number of nitrogens with one attached hydrogen (secondary N) is 1. The van der Waals surface area contributed by atoms with Gasteiger partial charge in [-0.2, -0.15) is 0 Å². The molecule has 0 aliphatic carbocycles. The van der Waals surface area contributed by atoms with Gasteiger partial charge in [-0.15, -0.1) is 0 Å². The van der Waals surface area contributed by atoms with Crippen LogP contribution in [0.3, 0.4) is 0 Å². The van der Waals surface area contributed by atoms with Crippen LogP contribution in [0.4, 0.5) is 0 Å². The van der Waals surface area contributed by atoms with Crippen molar-refractivity contribution >= 4 is 5.97 Å². The van der Waals surface area contributed by atoms with Gasteiger partial charge in [0.15, 0.2) is 0 Å². The molecule has 0 bridgehead atoms.